The largest absolute Gasteiger partial charge is 0.347 e. The van der Waals surface area contributed by atoms with E-state index in [1.54, 1.807) is 6.07 Å². The first-order chi connectivity index (χ1) is 14.0. The molecule has 0 aliphatic carbocycles. The van der Waals surface area contributed by atoms with Crippen molar-refractivity contribution in [2.24, 2.45) is 0 Å². The Kier molecular flexibility index (Phi) is 6.39. The summed E-state index contributed by atoms with van der Waals surface area (Å²) in [5.74, 6) is -0.572. The molecule has 2 aromatic carbocycles. The third kappa shape index (κ3) is 4.88. The van der Waals surface area contributed by atoms with E-state index < -0.39 is 0 Å². The van der Waals surface area contributed by atoms with Crippen LogP contribution in [0.1, 0.15) is 50.0 Å². The van der Waals surface area contributed by atoms with Gasteiger partial charge in [0, 0.05) is 24.0 Å². The Morgan fingerprint density at radius 2 is 1.62 bits per heavy atom. The second-order valence-corrected chi connectivity index (χ2v) is 6.96. The Labute approximate surface area is 171 Å². The van der Waals surface area contributed by atoms with Crippen molar-refractivity contribution in [3.8, 4) is 0 Å². The van der Waals surface area contributed by atoms with Crippen molar-refractivity contribution >= 4 is 17.5 Å². The van der Waals surface area contributed by atoms with Crippen LogP contribution in [0.4, 0.5) is 5.69 Å². The van der Waals surface area contributed by atoms with E-state index >= 15 is 0 Å². The number of carbonyl (C=O) groups is 2. The number of aromatic nitrogens is 1. The van der Waals surface area contributed by atoms with E-state index in [1.165, 1.54) is 12.3 Å². The summed E-state index contributed by atoms with van der Waals surface area (Å²) < 4.78 is 0. The van der Waals surface area contributed by atoms with Crippen LogP contribution in [0.2, 0.25) is 0 Å². The highest BCUT2D eigenvalue weighted by atomic mass is 16.2. The molecule has 3 aromatic rings. The van der Waals surface area contributed by atoms with Gasteiger partial charge >= 0.3 is 0 Å². The monoisotopic (exact) mass is 387 g/mol. The number of nitrogens with one attached hydrogen (secondary N) is 2. The smallest absolute Gasteiger partial charge is 0.270 e. The molecule has 148 valence electrons. The zero-order valence-electron chi connectivity index (χ0n) is 17.0. The summed E-state index contributed by atoms with van der Waals surface area (Å²) in [6.07, 6.45) is 2.30. The predicted molar refractivity (Wildman–Crippen MR) is 115 cm³/mol. The van der Waals surface area contributed by atoms with Crippen LogP contribution in [0.5, 0.6) is 0 Å². The topological polar surface area (TPSA) is 71.1 Å². The summed E-state index contributed by atoms with van der Waals surface area (Å²) >= 11 is 0. The molecule has 0 atom stereocenters. The van der Waals surface area contributed by atoms with Crippen molar-refractivity contribution in [3.63, 3.8) is 0 Å². The van der Waals surface area contributed by atoms with E-state index in [2.05, 4.69) is 15.6 Å². The van der Waals surface area contributed by atoms with Gasteiger partial charge < -0.3 is 10.6 Å². The third-order valence-corrected chi connectivity index (χ3v) is 4.93. The van der Waals surface area contributed by atoms with Gasteiger partial charge in [-0.3, -0.25) is 14.6 Å². The number of hydrogen-bond acceptors (Lipinski definition) is 3. The van der Waals surface area contributed by atoms with Gasteiger partial charge in [-0.25, -0.2) is 0 Å². The lowest BCUT2D eigenvalue weighted by Crippen LogP contribution is -2.25. The average molecular weight is 387 g/mol. The fraction of sp³-hybridized carbons (Fsp3) is 0.208. The lowest BCUT2D eigenvalue weighted by atomic mass is 10.1. The Morgan fingerprint density at radius 1 is 0.897 bits per heavy atom. The molecule has 0 aliphatic rings. The molecule has 0 saturated heterocycles. The number of nitrogens with zero attached hydrogens (tertiary/aromatic N) is 1. The Balaban J connectivity index is 1.73. The number of aryl methyl sites for hydroxylation is 3. The van der Waals surface area contributed by atoms with E-state index in [1.807, 2.05) is 63.2 Å². The molecule has 2 amide bonds. The zero-order valence-corrected chi connectivity index (χ0v) is 17.0. The highest BCUT2D eigenvalue weighted by molar-refractivity contribution is 6.06. The maximum Gasteiger partial charge on any atom is 0.270 e. The quantitative estimate of drug-likeness (QED) is 0.657. The van der Waals surface area contributed by atoms with Crippen LogP contribution in [0.3, 0.4) is 0 Å². The van der Waals surface area contributed by atoms with E-state index in [9.17, 15) is 9.59 Å². The van der Waals surface area contributed by atoms with Crippen molar-refractivity contribution in [2.75, 3.05) is 5.32 Å². The Bertz CT molecular complexity index is 1040. The van der Waals surface area contributed by atoms with Crippen molar-refractivity contribution in [2.45, 2.75) is 33.7 Å². The molecule has 0 bridgehead atoms. The number of carbonyl (C=O) groups excluding carboxylic acids is 2. The Morgan fingerprint density at radius 3 is 2.38 bits per heavy atom. The van der Waals surface area contributed by atoms with Crippen molar-refractivity contribution in [1.82, 2.24) is 10.3 Å². The van der Waals surface area contributed by atoms with Crippen LogP contribution in [0, 0.1) is 13.8 Å². The lowest BCUT2D eigenvalue weighted by molar-refractivity contribution is 0.0946. The summed E-state index contributed by atoms with van der Waals surface area (Å²) in [6, 6.07) is 16.9. The van der Waals surface area contributed by atoms with Crippen molar-refractivity contribution in [1.29, 1.82) is 0 Å². The van der Waals surface area contributed by atoms with E-state index in [4.69, 9.17) is 0 Å². The molecule has 5 heteroatoms. The number of amides is 2. The van der Waals surface area contributed by atoms with Crippen LogP contribution in [-0.4, -0.2) is 16.8 Å². The molecule has 0 saturated carbocycles. The number of anilines is 1. The van der Waals surface area contributed by atoms with Gasteiger partial charge in [-0.15, -0.1) is 0 Å². The zero-order chi connectivity index (χ0) is 20.8. The molecule has 3 rings (SSSR count). The number of para-hydroxylation sites is 1. The standard InChI is InChI=1S/C24H25N3O2/c1-4-18-11-7-9-17(3)22(18)27-23(28)19-12-13-25-21(14-19)24(29)26-15-20-10-6-5-8-16(20)2/h5-14H,4,15H2,1-3H3,(H,26,29)(H,27,28). The fourth-order valence-corrected chi connectivity index (χ4v) is 3.16. The van der Waals surface area contributed by atoms with Crippen LogP contribution in [0.25, 0.3) is 0 Å². The number of rotatable bonds is 6. The van der Waals surface area contributed by atoms with Crippen LogP contribution in [0.15, 0.2) is 60.8 Å². The first-order valence-electron chi connectivity index (χ1n) is 9.68. The highest BCUT2D eigenvalue weighted by Crippen LogP contribution is 2.22. The molecule has 0 unspecified atom stereocenters. The molecule has 1 heterocycles. The van der Waals surface area contributed by atoms with E-state index in [0.717, 1.165) is 34.4 Å². The summed E-state index contributed by atoms with van der Waals surface area (Å²) in [7, 11) is 0. The molecule has 0 fully saturated rings. The van der Waals surface area contributed by atoms with Gasteiger partial charge in [0.1, 0.15) is 5.69 Å². The van der Waals surface area contributed by atoms with Gasteiger partial charge in [-0.05, 0) is 54.7 Å². The molecule has 0 aliphatic heterocycles. The first kappa shape index (κ1) is 20.3. The second-order valence-electron chi connectivity index (χ2n) is 6.96. The van der Waals surface area contributed by atoms with Crippen molar-refractivity contribution < 1.29 is 9.59 Å². The first-order valence-corrected chi connectivity index (χ1v) is 9.68. The Hall–Kier alpha value is -3.47. The normalized spacial score (nSPS) is 10.4. The summed E-state index contributed by atoms with van der Waals surface area (Å²) in [5, 5.41) is 5.85. The maximum absolute atomic E-state index is 12.8. The molecular weight excluding hydrogens is 362 g/mol. The minimum atomic E-state index is -0.312. The average Bonchev–Trinajstić information content (AvgIpc) is 2.74. The molecule has 0 radical (unpaired) electrons. The van der Waals surface area contributed by atoms with Gasteiger partial charge in [-0.2, -0.15) is 0 Å². The molecule has 2 N–H and O–H groups in total. The predicted octanol–water partition coefficient (Wildman–Crippen LogP) is 4.44. The van der Waals surface area contributed by atoms with Gasteiger partial charge in [-0.1, -0.05) is 49.4 Å². The number of benzene rings is 2. The van der Waals surface area contributed by atoms with Crippen LogP contribution >= 0.6 is 0 Å². The van der Waals surface area contributed by atoms with Gasteiger partial charge in [0.05, 0.1) is 0 Å². The maximum atomic E-state index is 12.8. The highest BCUT2D eigenvalue weighted by Gasteiger charge is 2.14. The number of hydrogen-bond donors (Lipinski definition) is 2. The minimum absolute atomic E-state index is 0.215. The molecular formula is C24H25N3O2. The molecule has 5 nitrogen and oxygen atoms in total. The fourth-order valence-electron chi connectivity index (χ4n) is 3.16. The van der Waals surface area contributed by atoms with Crippen molar-refractivity contribution in [3.05, 3.63) is 94.3 Å². The van der Waals surface area contributed by atoms with E-state index in [-0.39, 0.29) is 17.5 Å². The second kappa shape index (κ2) is 9.15. The molecule has 0 spiro atoms. The number of pyridine rings is 1. The van der Waals surface area contributed by atoms with Gasteiger partial charge in [0.15, 0.2) is 0 Å². The minimum Gasteiger partial charge on any atom is -0.347 e. The summed E-state index contributed by atoms with van der Waals surface area (Å²) in [6.45, 7) is 6.42. The summed E-state index contributed by atoms with van der Waals surface area (Å²) in [4.78, 5) is 29.4. The van der Waals surface area contributed by atoms with E-state index in [0.29, 0.717) is 12.1 Å². The summed E-state index contributed by atoms with van der Waals surface area (Å²) in [5.41, 5.74) is 5.66. The third-order valence-electron chi connectivity index (χ3n) is 4.93. The molecule has 29 heavy (non-hydrogen) atoms. The SMILES string of the molecule is CCc1cccc(C)c1NC(=O)c1ccnc(C(=O)NCc2ccccc2C)c1. The van der Waals surface area contributed by atoms with Gasteiger partial charge in [0.2, 0.25) is 0 Å². The molecule has 1 aromatic heterocycles. The van der Waals surface area contributed by atoms with Crippen LogP contribution in [-0.2, 0) is 13.0 Å². The van der Waals surface area contributed by atoms with Gasteiger partial charge in [0.25, 0.3) is 11.8 Å². The lowest BCUT2D eigenvalue weighted by Gasteiger charge is -2.13. The van der Waals surface area contributed by atoms with Crippen LogP contribution < -0.4 is 10.6 Å².